The van der Waals surface area contributed by atoms with Crippen molar-refractivity contribution in [2.75, 3.05) is 20.3 Å². The van der Waals surface area contributed by atoms with Crippen LogP contribution in [0.1, 0.15) is 40.0 Å². The van der Waals surface area contributed by atoms with E-state index < -0.39 is 0 Å². The van der Waals surface area contributed by atoms with Gasteiger partial charge < -0.3 is 10.5 Å². The summed E-state index contributed by atoms with van der Waals surface area (Å²) in [6.45, 7) is 7.42. The van der Waals surface area contributed by atoms with Crippen molar-refractivity contribution in [2.45, 2.75) is 45.6 Å². The summed E-state index contributed by atoms with van der Waals surface area (Å²) >= 11 is 3.11. The summed E-state index contributed by atoms with van der Waals surface area (Å²) in [5.41, 5.74) is 5.90. The minimum atomic E-state index is -0.318. The molecule has 7 heteroatoms. The molecule has 0 aromatic rings. The van der Waals surface area contributed by atoms with Gasteiger partial charge in [0.2, 0.25) is 5.91 Å². The lowest BCUT2D eigenvalue weighted by Crippen LogP contribution is -2.50. The van der Waals surface area contributed by atoms with E-state index in [0.29, 0.717) is 23.9 Å². The number of nitrogens with two attached hydrogens (primary N) is 1. The van der Waals surface area contributed by atoms with Gasteiger partial charge in [0, 0.05) is 20.3 Å². The molecule has 0 spiro atoms. The molecule has 1 aliphatic heterocycles. The molecule has 1 saturated carbocycles. The van der Waals surface area contributed by atoms with Gasteiger partial charge in [0.1, 0.15) is 0 Å². The number of methoxy groups -OCH3 is 1. The van der Waals surface area contributed by atoms with Crippen LogP contribution >= 0.6 is 12.6 Å². The Morgan fingerprint density at radius 2 is 1.91 bits per heavy atom. The molecule has 132 valence electrons. The molecule has 23 heavy (non-hydrogen) atoms. The van der Waals surface area contributed by atoms with Crippen molar-refractivity contribution in [3.63, 3.8) is 0 Å². The highest BCUT2D eigenvalue weighted by molar-refractivity contribution is 7.94. The Hall–Kier alpha value is -1.52. The first-order valence-electron chi connectivity index (χ1n) is 7.37. The van der Waals surface area contributed by atoms with E-state index in [4.69, 9.17) is 10.5 Å². The molecule has 6 nitrogen and oxygen atoms in total. The maximum Gasteiger partial charge on any atom is 0.231 e. The topological polar surface area (TPSA) is 85.0 Å². The Morgan fingerprint density at radius 1 is 1.48 bits per heavy atom. The van der Waals surface area contributed by atoms with Gasteiger partial charge in [-0.1, -0.05) is 0 Å². The van der Waals surface area contributed by atoms with E-state index in [1.807, 2.05) is 20.8 Å². The van der Waals surface area contributed by atoms with Crippen molar-refractivity contribution in [1.82, 2.24) is 4.90 Å². The SMILES string of the molecule is C#C.CC1(C)CC(=O)N(CC2CC2)C(N)=N1.CCOC.O=CS. The van der Waals surface area contributed by atoms with Crippen LogP contribution in [0.2, 0.25) is 0 Å². The van der Waals surface area contributed by atoms with Crippen LogP contribution in [-0.4, -0.2) is 48.2 Å². The second-order valence-corrected chi connectivity index (χ2v) is 5.80. The average Bonchev–Trinajstić information content (AvgIpc) is 3.29. The van der Waals surface area contributed by atoms with Crippen LogP contribution in [0, 0.1) is 18.8 Å². The molecule has 0 aromatic heterocycles. The zero-order chi connectivity index (χ0) is 18.5. The Balaban J connectivity index is 0. The summed E-state index contributed by atoms with van der Waals surface area (Å²) < 4.78 is 4.54. The van der Waals surface area contributed by atoms with E-state index in [9.17, 15) is 4.79 Å². The van der Waals surface area contributed by atoms with Crippen molar-refractivity contribution >= 4 is 30.1 Å². The fourth-order valence-corrected chi connectivity index (χ4v) is 1.76. The first-order valence-corrected chi connectivity index (χ1v) is 7.88. The molecule has 1 amide bonds. The van der Waals surface area contributed by atoms with Crippen molar-refractivity contribution in [2.24, 2.45) is 16.6 Å². The second kappa shape index (κ2) is 13.0. The number of nitrogens with zero attached hydrogens (tertiary/aromatic N) is 2. The minimum absolute atomic E-state index is 0.120. The molecule has 0 atom stereocenters. The second-order valence-electron chi connectivity index (χ2n) is 5.59. The largest absolute Gasteiger partial charge is 0.385 e. The number of carbonyl (C=O) groups is 2. The molecule has 1 fully saturated rings. The molecule has 0 saturated heterocycles. The van der Waals surface area contributed by atoms with Crippen molar-refractivity contribution in [1.29, 1.82) is 0 Å². The average molecular weight is 343 g/mol. The van der Waals surface area contributed by atoms with Crippen LogP contribution in [0.3, 0.4) is 0 Å². The number of guanidine groups is 1. The number of terminal acetylenes is 1. The van der Waals surface area contributed by atoms with Gasteiger partial charge in [-0.3, -0.25) is 14.5 Å². The predicted octanol–water partition coefficient (Wildman–Crippen LogP) is 1.73. The summed E-state index contributed by atoms with van der Waals surface area (Å²) in [7, 11) is 1.68. The van der Waals surface area contributed by atoms with Crippen LogP contribution < -0.4 is 5.73 Å². The third-order valence-corrected chi connectivity index (χ3v) is 3.01. The maximum atomic E-state index is 11.7. The van der Waals surface area contributed by atoms with Crippen LogP contribution in [0.25, 0.3) is 0 Å². The zero-order valence-electron chi connectivity index (χ0n) is 14.5. The van der Waals surface area contributed by atoms with Gasteiger partial charge in [-0.2, -0.15) is 0 Å². The maximum absolute atomic E-state index is 11.7. The number of hydrogen-bond acceptors (Lipinski definition) is 5. The Morgan fingerprint density at radius 3 is 2.22 bits per heavy atom. The van der Waals surface area contributed by atoms with E-state index in [-0.39, 0.29) is 11.4 Å². The quantitative estimate of drug-likeness (QED) is 0.464. The molecule has 2 aliphatic rings. The number of rotatable bonds is 3. The van der Waals surface area contributed by atoms with Crippen LogP contribution in [0.15, 0.2) is 4.99 Å². The standard InChI is InChI=1S/C10H17N3O.C3H8O.C2H2.CH2OS/c1-10(2)5-8(14)13(9(11)12-10)6-7-3-4-7;1-3-4-2;1-2;2-1-3/h7H,3-6H2,1-2H3,(H2,11,12);3H2,1-2H3;1-2H;1H,(H,2,3). The normalized spacial score (nSPS) is 18.0. The number of thiol groups is 1. The lowest BCUT2D eigenvalue weighted by Gasteiger charge is -2.32. The van der Waals surface area contributed by atoms with E-state index >= 15 is 0 Å². The minimum Gasteiger partial charge on any atom is -0.385 e. The number of hydrogen-bond donors (Lipinski definition) is 2. The summed E-state index contributed by atoms with van der Waals surface area (Å²) in [5, 5.41) is 0. The molecule has 0 radical (unpaired) electrons. The summed E-state index contributed by atoms with van der Waals surface area (Å²) in [6.07, 6.45) is 10.9. The summed E-state index contributed by atoms with van der Waals surface area (Å²) in [4.78, 5) is 26.4. The van der Waals surface area contributed by atoms with Crippen LogP contribution in [-0.2, 0) is 14.3 Å². The van der Waals surface area contributed by atoms with E-state index in [0.717, 1.165) is 13.2 Å². The molecule has 1 aliphatic carbocycles. The van der Waals surface area contributed by atoms with Gasteiger partial charge in [-0.05, 0) is 39.5 Å². The van der Waals surface area contributed by atoms with E-state index in [2.05, 4.69) is 35.2 Å². The van der Waals surface area contributed by atoms with Gasteiger partial charge >= 0.3 is 0 Å². The zero-order valence-corrected chi connectivity index (χ0v) is 15.4. The first-order chi connectivity index (χ1) is 10.8. The van der Waals surface area contributed by atoms with Gasteiger partial charge in [0.05, 0.1) is 12.0 Å². The molecule has 0 unspecified atom stereocenters. The fourth-order valence-electron chi connectivity index (χ4n) is 1.76. The van der Waals surface area contributed by atoms with E-state index in [1.54, 1.807) is 12.0 Å². The van der Waals surface area contributed by atoms with Gasteiger partial charge in [-0.25, -0.2) is 4.99 Å². The van der Waals surface area contributed by atoms with Crippen LogP contribution in [0.5, 0.6) is 0 Å². The third-order valence-electron chi connectivity index (χ3n) is 3.01. The Kier molecular flexibility index (Phi) is 13.4. The molecule has 0 aromatic carbocycles. The predicted molar refractivity (Wildman–Crippen MR) is 97.9 cm³/mol. The molecule has 0 bridgehead atoms. The highest BCUT2D eigenvalue weighted by atomic mass is 32.1. The smallest absolute Gasteiger partial charge is 0.231 e. The third kappa shape index (κ3) is 11.7. The number of aliphatic imine (C=N–C) groups is 1. The van der Waals surface area contributed by atoms with E-state index in [1.165, 1.54) is 12.8 Å². The van der Waals surface area contributed by atoms with Gasteiger partial charge in [-0.15, -0.1) is 25.5 Å². The molecule has 1 heterocycles. The molecule has 2 rings (SSSR count). The van der Waals surface area contributed by atoms with Crippen molar-refractivity contribution in [3.05, 3.63) is 0 Å². The first kappa shape index (κ1) is 23.7. The fraction of sp³-hybridized carbons (Fsp3) is 0.688. The van der Waals surface area contributed by atoms with Crippen molar-refractivity contribution in [3.8, 4) is 12.8 Å². The van der Waals surface area contributed by atoms with Gasteiger partial charge in [0.25, 0.3) is 0 Å². The number of amides is 1. The highest BCUT2D eigenvalue weighted by Crippen LogP contribution is 2.31. The number of carbonyl (C=O) groups excluding carboxylic acids is 2. The molecule has 2 N–H and O–H groups in total. The Bertz CT molecular complexity index is 403. The summed E-state index contributed by atoms with van der Waals surface area (Å²) in [5.74, 6) is 1.18. The monoisotopic (exact) mass is 343 g/mol. The molecular formula is C16H29N3O3S. The number of ether oxygens (including phenoxy) is 1. The lowest BCUT2D eigenvalue weighted by atomic mass is 9.99. The van der Waals surface area contributed by atoms with Crippen LogP contribution in [0.4, 0.5) is 0 Å². The highest BCUT2D eigenvalue weighted by Gasteiger charge is 2.35. The summed E-state index contributed by atoms with van der Waals surface area (Å²) in [6, 6.07) is 0. The molecular weight excluding hydrogens is 314 g/mol. The van der Waals surface area contributed by atoms with Gasteiger partial charge in [0.15, 0.2) is 11.6 Å². The Labute approximate surface area is 145 Å². The van der Waals surface area contributed by atoms with Crippen molar-refractivity contribution < 1.29 is 14.3 Å². The lowest BCUT2D eigenvalue weighted by molar-refractivity contribution is -0.129.